The zero-order valence-corrected chi connectivity index (χ0v) is 7.03. The van der Waals surface area contributed by atoms with E-state index in [9.17, 15) is 8.42 Å². The molecule has 0 bridgehead atoms. The van der Waals surface area contributed by atoms with Crippen molar-refractivity contribution in [3.8, 4) is 0 Å². The Kier molecular flexibility index (Phi) is 2.38. The minimum atomic E-state index is -4.42. The van der Waals surface area contributed by atoms with Gasteiger partial charge in [0.05, 0.1) is 13.1 Å². The van der Waals surface area contributed by atoms with Crippen LogP contribution in [0.5, 0.6) is 0 Å². The van der Waals surface area contributed by atoms with Gasteiger partial charge in [-0.15, -0.1) is 0 Å². The average Bonchev–Trinajstić information content (AvgIpc) is 1.83. The summed E-state index contributed by atoms with van der Waals surface area (Å²) in [5.74, 6) is 0. The lowest BCUT2D eigenvalue weighted by molar-refractivity contribution is -1.25. The van der Waals surface area contributed by atoms with Gasteiger partial charge in [0.25, 0.3) is 5.37 Å². The van der Waals surface area contributed by atoms with Gasteiger partial charge in [0.1, 0.15) is 0 Å². The smallest absolute Gasteiger partial charge is 0.304 e. The van der Waals surface area contributed by atoms with Gasteiger partial charge in [0, 0.05) is 0 Å². The second kappa shape index (κ2) is 2.91. The Morgan fingerprint density at radius 2 is 2.00 bits per heavy atom. The van der Waals surface area contributed by atoms with Crippen LogP contribution >= 0.6 is 0 Å². The van der Waals surface area contributed by atoms with Crippen LogP contribution in [0.4, 0.5) is 0 Å². The summed E-state index contributed by atoms with van der Waals surface area (Å²) in [7, 11) is -4.42. The standard InChI is InChI=1S/C4H10N2O5S/c7-6(8)2-1-5-3-4(6)12(9,10)11/h4-5,7-8H,1-3H2/p+1. The summed E-state index contributed by atoms with van der Waals surface area (Å²) < 4.78 is 29.7. The zero-order valence-electron chi connectivity index (χ0n) is 6.21. The molecule has 0 spiro atoms. The van der Waals surface area contributed by atoms with Gasteiger partial charge in [-0.3, -0.25) is 4.55 Å². The largest absolute Gasteiger partial charge is 0.326 e. The van der Waals surface area contributed by atoms with Gasteiger partial charge < -0.3 is 5.32 Å². The molecule has 1 saturated heterocycles. The summed E-state index contributed by atoms with van der Waals surface area (Å²) in [5.41, 5.74) is 0. The molecule has 7 nitrogen and oxygen atoms in total. The first kappa shape index (κ1) is 9.84. The van der Waals surface area contributed by atoms with E-state index in [4.69, 9.17) is 15.0 Å². The van der Waals surface area contributed by atoms with E-state index >= 15 is 0 Å². The maximum atomic E-state index is 10.6. The van der Waals surface area contributed by atoms with E-state index in [-0.39, 0.29) is 13.1 Å². The van der Waals surface area contributed by atoms with Gasteiger partial charge in [-0.25, -0.2) is 0 Å². The number of nitrogens with zero attached hydrogens (tertiary/aromatic N) is 1. The Bertz CT molecular complexity index is 261. The molecule has 1 aliphatic rings. The molecule has 0 saturated carbocycles. The van der Waals surface area contributed by atoms with Crippen LogP contribution < -0.4 is 5.32 Å². The first-order valence-electron chi connectivity index (χ1n) is 3.34. The maximum absolute atomic E-state index is 10.6. The molecule has 1 heterocycles. The van der Waals surface area contributed by atoms with E-state index in [1.807, 2.05) is 0 Å². The number of rotatable bonds is 1. The fourth-order valence-corrected chi connectivity index (χ4v) is 1.94. The molecule has 0 aromatic carbocycles. The predicted molar refractivity (Wildman–Crippen MR) is 36.9 cm³/mol. The molecule has 0 radical (unpaired) electrons. The normalized spacial score (nSPS) is 30.1. The molecule has 12 heavy (non-hydrogen) atoms. The van der Waals surface area contributed by atoms with Gasteiger partial charge in [0.2, 0.25) is 0 Å². The van der Waals surface area contributed by atoms with Crippen LogP contribution in [0.25, 0.3) is 0 Å². The second-order valence-corrected chi connectivity index (χ2v) is 4.26. The molecule has 1 aliphatic heterocycles. The van der Waals surface area contributed by atoms with Gasteiger partial charge in [-0.05, 0) is 4.81 Å². The van der Waals surface area contributed by atoms with Crippen molar-refractivity contribution >= 4 is 10.1 Å². The molecular weight excluding hydrogens is 188 g/mol. The number of piperazine rings is 1. The SMILES string of the molecule is O=S(=O)(O)C1CNCC[N+]1(O)O. The topological polar surface area (TPSA) is 107 Å². The molecule has 0 aromatic heterocycles. The number of hydroxylamine groups is 4. The highest BCUT2D eigenvalue weighted by Crippen LogP contribution is 2.13. The van der Waals surface area contributed by atoms with E-state index in [0.717, 1.165) is 0 Å². The monoisotopic (exact) mass is 199 g/mol. The van der Waals surface area contributed by atoms with Crippen molar-refractivity contribution in [2.45, 2.75) is 5.37 Å². The lowest BCUT2D eigenvalue weighted by atomic mass is 10.4. The molecule has 4 N–H and O–H groups in total. The second-order valence-electron chi connectivity index (χ2n) is 2.68. The molecule has 0 aromatic rings. The zero-order chi connectivity index (χ0) is 9.41. The molecule has 1 fully saturated rings. The lowest BCUT2D eigenvalue weighted by Crippen LogP contribution is -2.63. The summed E-state index contributed by atoms with van der Waals surface area (Å²) in [6.45, 7) is -0.0602. The van der Waals surface area contributed by atoms with E-state index in [0.29, 0.717) is 6.54 Å². The van der Waals surface area contributed by atoms with Gasteiger partial charge in [-0.2, -0.15) is 18.8 Å². The van der Waals surface area contributed by atoms with Crippen molar-refractivity contribution in [2.24, 2.45) is 0 Å². The van der Waals surface area contributed by atoms with E-state index < -0.39 is 20.3 Å². The molecule has 72 valence electrons. The van der Waals surface area contributed by atoms with Crippen LogP contribution in [0.15, 0.2) is 0 Å². The summed E-state index contributed by atoms with van der Waals surface area (Å²) in [6.07, 6.45) is 0. The van der Waals surface area contributed by atoms with E-state index in [1.54, 1.807) is 0 Å². The molecule has 8 heteroatoms. The Morgan fingerprint density at radius 1 is 1.42 bits per heavy atom. The van der Waals surface area contributed by atoms with Crippen molar-refractivity contribution in [1.82, 2.24) is 5.32 Å². The van der Waals surface area contributed by atoms with Crippen LogP contribution in [0, 0.1) is 0 Å². The quantitative estimate of drug-likeness (QED) is 0.299. The van der Waals surface area contributed by atoms with Crippen molar-refractivity contribution < 1.29 is 28.2 Å². The van der Waals surface area contributed by atoms with Gasteiger partial charge in [-0.1, -0.05) is 0 Å². The number of nitrogens with one attached hydrogen (secondary N) is 1. The highest BCUT2D eigenvalue weighted by Gasteiger charge is 2.47. The van der Waals surface area contributed by atoms with Crippen LogP contribution in [0.3, 0.4) is 0 Å². The van der Waals surface area contributed by atoms with Crippen LogP contribution in [0.2, 0.25) is 0 Å². The number of quaternary nitrogens is 1. The molecule has 1 unspecified atom stereocenters. The van der Waals surface area contributed by atoms with E-state index in [1.165, 1.54) is 0 Å². The average molecular weight is 199 g/mol. The number of hydrogen-bond acceptors (Lipinski definition) is 5. The fraction of sp³-hybridized carbons (Fsp3) is 1.00. The predicted octanol–water partition coefficient (Wildman–Crippen LogP) is -1.60. The summed E-state index contributed by atoms with van der Waals surface area (Å²) in [5, 5.41) is 19.2. The van der Waals surface area contributed by atoms with Crippen molar-refractivity contribution in [2.75, 3.05) is 19.6 Å². The molecular formula is C4H11N2O5S+. The van der Waals surface area contributed by atoms with Gasteiger partial charge in [0.15, 0.2) is 6.54 Å². The van der Waals surface area contributed by atoms with Crippen molar-refractivity contribution in [3.63, 3.8) is 0 Å². The molecule has 0 aliphatic carbocycles. The minimum Gasteiger partial charge on any atom is -0.304 e. The van der Waals surface area contributed by atoms with Gasteiger partial charge >= 0.3 is 10.1 Å². The minimum absolute atomic E-state index is 0.175. The maximum Gasteiger partial charge on any atom is 0.326 e. The van der Waals surface area contributed by atoms with Crippen molar-refractivity contribution in [3.05, 3.63) is 0 Å². The fourth-order valence-electron chi connectivity index (χ4n) is 1.08. The third-order valence-corrected chi connectivity index (χ3v) is 2.93. The molecule has 0 amide bonds. The lowest BCUT2D eigenvalue weighted by Gasteiger charge is -2.31. The van der Waals surface area contributed by atoms with E-state index in [2.05, 4.69) is 5.32 Å². The summed E-state index contributed by atoms with van der Waals surface area (Å²) in [6, 6.07) is 0. The third-order valence-electron chi connectivity index (χ3n) is 1.74. The Balaban J connectivity index is 2.88. The Labute approximate surface area is 69.5 Å². The Morgan fingerprint density at radius 3 is 2.33 bits per heavy atom. The first-order valence-corrected chi connectivity index (χ1v) is 4.84. The summed E-state index contributed by atoms with van der Waals surface area (Å²) >= 11 is 0. The number of hydrogen-bond donors (Lipinski definition) is 4. The van der Waals surface area contributed by atoms with Crippen LogP contribution in [0.1, 0.15) is 0 Å². The van der Waals surface area contributed by atoms with Crippen LogP contribution in [-0.4, -0.2) is 53.2 Å². The molecule has 1 rings (SSSR count). The van der Waals surface area contributed by atoms with Crippen LogP contribution in [-0.2, 0) is 10.1 Å². The summed E-state index contributed by atoms with van der Waals surface area (Å²) in [4.78, 5) is -1.67. The molecule has 1 atom stereocenters. The Hall–Kier alpha value is -0.250. The highest BCUT2D eigenvalue weighted by molar-refractivity contribution is 7.86. The third kappa shape index (κ3) is 1.91. The highest BCUT2D eigenvalue weighted by atomic mass is 32.2. The van der Waals surface area contributed by atoms with Crippen molar-refractivity contribution in [1.29, 1.82) is 0 Å². The first-order chi connectivity index (χ1) is 5.34.